The standard InChI is InChI=1S/C13H11ClN2OS/c14-10-5-1-2-6-11(10)17-8-9-4-3-7-16-12(9)13(15)18/h1-7H,8H2,(H2,15,18). The van der Waals surface area contributed by atoms with Crippen LogP contribution in [0.15, 0.2) is 42.6 Å². The summed E-state index contributed by atoms with van der Waals surface area (Å²) < 4.78 is 5.63. The Morgan fingerprint density at radius 2 is 2.06 bits per heavy atom. The lowest BCUT2D eigenvalue weighted by molar-refractivity contribution is 0.305. The second-order valence-corrected chi connectivity index (χ2v) is 4.44. The minimum atomic E-state index is 0.258. The molecule has 0 aliphatic carbocycles. The van der Waals surface area contributed by atoms with E-state index in [2.05, 4.69) is 4.98 Å². The lowest BCUT2D eigenvalue weighted by Gasteiger charge is -2.10. The number of hydrogen-bond donors (Lipinski definition) is 1. The molecule has 3 nitrogen and oxygen atoms in total. The maximum atomic E-state index is 6.00. The van der Waals surface area contributed by atoms with Crippen LogP contribution in [0.4, 0.5) is 0 Å². The molecular weight excluding hydrogens is 268 g/mol. The summed E-state index contributed by atoms with van der Waals surface area (Å²) in [6.07, 6.45) is 1.65. The number of hydrogen-bond acceptors (Lipinski definition) is 3. The Morgan fingerprint density at radius 3 is 2.78 bits per heavy atom. The van der Waals surface area contributed by atoms with Crippen molar-refractivity contribution in [1.82, 2.24) is 4.98 Å². The van der Waals surface area contributed by atoms with E-state index in [9.17, 15) is 0 Å². The number of benzene rings is 1. The van der Waals surface area contributed by atoms with Crippen LogP contribution >= 0.6 is 23.8 Å². The van der Waals surface area contributed by atoms with Gasteiger partial charge in [-0.05, 0) is 18.2 Å². The number of pyridine rings is 1. The maximum absolute atomic E-state index is 6.00. The SMILES string of the molecule is NC(=S)c1ncccc1COc1ccccc1Cl. The molecule has 0 aliphatic rings. The second kappa shape index (κ2) is 5.80. The first-order valence-corrected chi connectivity index (χ1v) is 6.08. The van der Waals surface area contributed by atoms with Crippen LogP contribution in [0.5, 0.6) is 5.75 Å². The molecule has 0 unspecified atom stereocenters. The van der Waals surface area contributed by atoms with Crippen molar-refractivity contribution < 1.29 is 4.74 Å². The lowest BCUT2D eigenvalue weighted by atomic mass is 10.2. The van der Waals surface area contributed by atoms with Gasteiger partial charge in [0, 0.05) is 11.8 Å². The van der Waals surface area contributed by atoms with E-state index < -0.39 is 0 Å². The highest BCUT2D eigenvalue weighted by Crippen LogP contribution is 2.24. The first kappa shape index (κ1) is 12.8. The summed E-state index contributed by atoms with van der Waals surface area (Å²) in [4.78, 5) is 4.39. The van der Waals surface area contributed by atoms with E-state index in [0.717, 1.165) is 5.56 Å². The van der Waals surface area contributed by atoms with Gasteiger partial charge in [-0.3, -0.25) is 4.98 Å². The van der Waals surface area contributed by atoms with Gasteiger partial charge >= 0.3 is 0 Å². The molecule has 0 amide bonds. The Morgan fingerprint density at radius 1 is 1.28 bits per heavy atom. The Bertz CT molecular complexity index is 574. The average Bonchev–Trinajstić information content (AvgIpc) is 2.38. The van der Waals surface area contributed by atoms with Crippen LogP contribution in [0, 0.1) is 0 Å². The van der Waals surface area contributed by atoms with Crippen LogP contribution in [-0.2, 0) is 6.61 Å². The smallest absolute Gasteiger partial charge is 0.138 e. The molecule has 1 aromatic carbocycles. The zero-order chi connectivity index (χ0) is 13.0. The van der Waals surface area contributed by atoms with Gasteiger partial charge in [-0.2, -0.15) is 0 Å². The van der Waals surface area contributed by atoms with Gasteiger partial charge in [-0.1, -0.05) is 42.0 Å². The number of thiocarbonyl (C=S) groups is 1. The summed E-state index contributed by atoms with van der Waals surface area (Å²) in [5.74, 6) is 0.622. The number of para-hydroxylation sites is 1. The van der Waals surface area contributed by atoms with Gasteiger partial charge in [0.1, 0.15) is 23.0 Å². The largest absolute Gasteiger partial charge is 0.487 e. The molecule has 1 heterocycles. The molecule has 1 aromatic heterocycles. The molecule has 5 heteroatoms. The van der Waals surface area contributed by atoms with E-state index in [1.165, 1.54) is 0 Å². The topological polar surface area (TPSA) is 48.1 Å². The Kier molecular flexibility index (Phi) is 4.12. The molecule has 0 spiro atoms. The van der Waals surface area contributed by atoms with Crippen molar-refractivity contribution in [2.45, 2.75) is 6.61 Å². The van der Waals surface area contributed by atoms with Crippen molar-refractivity contribution in [2.24, 2.45) is 5.73 Å². The Hall–Kier alpha value is -1.65. The third-order valence-electron chi connectivity index (χ3n) is 2.34. The normalized spacial score (nSPS) is 10.1. The summed E-state index contributed by atoms with van der Waals surface area (Å²) >= 11 is 10.9. The fraction of sp³-hybridized carbons (Fsp3) is 0.0769. The molecule has 0 bridgehead atoms. The van der Waals surface area contributed by atoms with E-state index >= 15 is 0 Å². The molecule has 92 valence electrons. The van der Waals surface area contributed by atoms with Gasteiger partial charge in [-0.25, -0.2) is 0 Å². The molecule has 2 aromatic rings. The van der Waals surface area contributed by atoms with Crippen molar-refractivity contribution in [1.29, 1.82) is 0 Å². The van der Waals surface area contributed by atoms with E-state index in [-0.39, 0.29) is 4.99 Å². The molecule has 2 rings (SSSR count). The molecule has 18 heavy (non-hydrogen) atoms. The summed E-state index contributed by atoms with van der Waals surface area (Å²) in [5.41, 5.74) is 7.02. The summed E-state index contributed by atoms with van der Waals surface area (Å²) in [5, 5.41) is 0.568. The monoisotopic (exact) mass is 278 g/mol. The van der Waals surface area contributed by atoms with Crippen molar-refractivity contribution in [2.75, 3.05) is 0 Å². The zero-order valence-corrected chi connectivity index (χ0v) is 11.0. The zero-order valence-electron chi connectivity index (χ0n) is 9.47. The number of halogens is 1. The Balaban J connectivity index is 2.16. The number of nitrogens with two attached hydrogens (primary N) is 1. The van der Waals surface area contributed by atoms with Crippen LogP contribution in [0.1, 0.15) is 11.3 Å². The van der Waals surface area contributed by atoms with E-state index in [4.69, 9.17) is 34.3 Å². The highest BCUT2D eigenvalue weighted by atomic mass is 35.5. The predicted molar refractivity (Wildman–Crippen MR) is 75.9 cm³/mol. The first-order valence-electron chi connectivity index (χ1n) is 5.29. The van der Waals surface area contributed by atoms with Crippen LogP contribution in [0.3, 0.4) is 0 Å². The van der Waals surface area contributed by atoms with Crippen molar-refractivity contribution in [3.63, 3.8) is 0 Å². The molecule has 0 saturated carbocycles. The van der Waals surface area contributed by atoms with Crippen molar-refractivity contribution in [3.8, 4) is 5.75 Å². The number of ether oxygens (including phenoxy) is 1. The molecule has 0 atom stereocenters. The number of nitrogens with zero attached hydrogens (tertiary/aromatic N) is 1. The molecule has 0 fully saturated rings. The first-order chi connectivity index (χ1) is 8.68. The third-order valence-corrected chi connectivity index (χ3v) is 2.85. The van der Waals surface area contributed by atoms with E-state index in [1.807, 2.05) is 24.3 Å². The molecular formula is C13H11ClN2OS. The van der Waals surface area contributed by atoms with Gasteiger partial charge < -0.3 is 10.5 Å². The van der Waals surface area contributed by atoms with Crippen LogP contribution in [0.2, 0.25) is 5.02 Å². The molecule has 0 saturated heterocycles. The van der Waals surface area contributed by atoms with E-state index in [0.29, 0.717) is 23.1 Å². The van der Waals surface area contributed by atoms with Gasteiger partial charge in [0.25, 0.3) is 0 Å². The average molecular weight is 279 g/mol. The third kappa shape index (κ3) is 2.97. The van der Waals surface area contributed by atoms with Gasteiger partial charge in [-0.15, -0.1) is 0 Å². The minimum Gasteiger partial charge on any atom is -0.487 e. The van der Waals surface area contributed by atoms with Gasteiger partial charge in [0.05, 0.1) is 5.02 Å². The lowest BCUT2D eigenvalue weighted by Crippen LogP contribution is -2.15. The van der Waals surface area contributed by atoms with Crippen LogP contribution < -0.4 is 10.5 Å². The summed E-state index contributed by atoms with van der Waals surface area (Å²) in [6.45, 7) is 0.324. The number of rotatable bonds is 4. The van der Waals surface area contributed by atoms with E-state index in [1.54, 1.807) is 18.3 Å². The van der Waals surface area contributed by atoms with Gasteiger partial charge in [0.2, 0.25) is 0 Å². The summed E-state index contributed by atoms with van der Waals surface area (Å²) in [6, 6.07) is 11.0. The van der Waals surface area contributed by atoms with Gasteiger partial charge in [0.15, 0.2) is 0 Å². The quantitative estimate of drug-likeness (QED) is 0.874. The molecule has 0 aliphatic heterocycles. The van der Waals surface area contributed by atoms with Crippen molar-refractivity contribution >= 4 is 28.8 Å². The fourth-order valence-electron chi connectivity index (χ4n) is 1.49. The molecule has 2 N–H and O–H groups in total. The highest BCUT2D eigenvalue weighted by Gasteiger charge is 2.07. The second-order valence-electron chi connectivity index (χ2n) is 3.59. The van der Waals surface area contributed by atoms with Crippen LogP contribution in [-0.4, -0.2) is 9.97 Å². The van der Waals surface area contributed by atoms with Crippen LogP contribution in [0.25, 0.3) is 0 Å². The van der Waals surface area contributed by atoms with Crippen molar-refractivity contribution in [3.05, 3.63) is 58.9 Å². The maximum Gasteiger partial charge on any atom is 0.138 e. The predicted octanol–water partition coefficient (Wildman–Crippen LogP) is 2.95. The fourth-order valence-corrected chi connectivity index (χ4v) is 1.87. The Labute approximate surface area is 116 Å². The number of aromatic nitrogens is 1. The molecule has 0 radical (unpaired) electrons. The minimum absolute atomic E-state index is 0.258. The summed E-state index contributed by atoms with van der Waals surface area (Å²) in [7, 11) is 0. The highest BCUT2D eigenvalue weighted by molar-refractivity contribution is 7.80.